The van der Waals surface area contributed by atoms with Crippen LogP contribution in [0.15, 0.2) is 41.5 Å². The van der Waals surface area contributed by atoms with E-state index in [4.69, 9.17) is 9.47 Å². The van der Waals surface area contributed by atoms with Crippen LogP contribution in [0.2, 0.25) is 0 Å². The largest absolute Gasteiger partial charge is 0.493 e. The predicted octanol–water partition coefficient (Wildman–Crippen LogP) is 3.36. The quantitative estimate of drug-likeness (QED) is 0.434. The summed E-state index contributed by atoms with van der Waals surface area (Å²) >= 11 is 0. The Balaban J connectivity index is 2.30. The average Bonchev–Trinajstić information content (AvgIpc) is 2.62. The van der Waals surface area contributed by atoms with Crippen LogP contribution in [0, 0.1) is 20.2 Å². The maximum Gasteiger partial charge on any atom is 0.282 e. The Morgan fingerprint density at radius 2 is 1.92 bits per heavy atom. The summed E-state index contributed by atoms with van der Waals surface area (Å²) in [4.78, 5) is 20.9. The second-order valence-electron chi connectivity index (χ2n) is 4.93. The zero-order valence-electron chi connectivity index (χ0n) is 14.0. The van der Waals surface area contributed by atoms with E-state index in [9.17, 15) is 20.2 Å². The molecule has 0 aliphatic rings. The van der Waals surface area contributed by atoms with Crippen LogP contribution >= 0.6 is 0 Å². The number of nitrogens with one attached hydrogen (secondary N) is 1. The van der Waals surface area contributed by atoms with Gasteiger partial charge >= 0.3 is 0 Å². The lowest BCUT2D eigenvalue weighted by molar-refractivity contribution is -0.385. The maximum absolute atomic E-state index is 11.3. The molecule has 10 nitrogen and oxygen atoms in total. The van der Waals surface area contributed by atoms with Gasteiger partial charge in [0.25, 0.3) is 11.4 Å². The van der Waals surface area contributed by atoms with Gasteiger partial charge in [0.05, 0.1) is 47.1 Å². The van der Waals surface area contributed by atoms with Crippen LogP contribution < -0.4 is 14.9 Å². The molecule has 0 spiro atoms. The highest BCUT2D eigenvalue weighted by Gasteiger charge is 2.18. The van der Waals surface area contributed by atoms with Crippen molar-refractivity contribution in [1.29, 1.82) is 0 Å². The second-order valence-corrected chi connectivity index (χ2v) is 4.93. The fourth-order valence-corrected chi connectivity index (χ4v) is 2.12. The first kappa shape index (κ1) is 18.6. The van der Waals surface area contributed by atoms with Gasteiger partial charge in [-0.2, -0.15) is 5.10 Å². The lowest BCUT2D eigenvalue weighted by atomic mass is 10.1. The Kier molecular flexibility index (Phi) is 6.04. The van der Waals surface area contributed by atoms with E-state index in [2.05, 4.69) is 10.5 Å². The number of anilines is 1. The van der Waals surface area contributed by atoms with Crippen molar-refractivity contribution < 1.29 is 19.3 Å². The molecule has 0 fully saturated rings. The zero-order valence-corrected chi connectivity index (χ0v) is 14.0. The van der Waals surface area contributed by atoms with Gasteiger partial charge in [0.15, 0.2) is 11.5 Å². The molecule has 0 aliphatic heterocycles. The molecule has 2 aromatic carbocycles. The van der Waals surface area contributed by atoms with Gasteiger partial charge in [0, 0.05) is 12.1 Å². The molecule has 0 aliphatic carbocycles. The van der Waals surface area contributed by atoms with Gasteiger partial charge in [0.2, 0.25) is 0 Å². The summed E-state index contributed by atoms with van der Waals surface area (Å²) < 4.78 is 10.5. The van der Waals surface area contributed by atoms with E-state index < -0.39 is 9.85 Å². The third-order valence-corrected chi connectivity index (χ3v) is 3.26. The number of nitro groups is 2. The highest BCUT2D eigenvalue weighted by Crippen LogP contribution is 2.34. The van der Waals surface area contributed by atoms with Gasteiger partial charge in [0.1, 0.15) is 0 Å². The first-order chi connectivity index (χ1) is 12.5. The lowest BCUT2D eigenvalue weighted by Gasteiger charge is -2.10. The standard InChI is InChI=1S/C16H16N4O6/c1-3-26-16-7-11(14(20(23)24)9-15(16)25-2)10-17-18-12-5-4-6-13(8-12)19(21)22/h4-10,18H,3H2,1-2H3. The molecule has 0 saturated carbocycles. The Bertz CT molecular complexity index is 853. The minimum atomic E-state index is -0.563. The molecule has 0 heterocycles. The molecule has 0 amide bonds. The molecule has 0 bridgehead atoms. The zero-order chi connectivity index (χ0) is 19.1. The van der Waals surface area contributed by atoms with Crippen molar-refractivity contribution in [1.82, 2.24) is 0 Å². The third-order valence-electron chi connectivity index (χ3n) is 3.26. The van der Waals surface area contributed by atoms with Crippen molar-refractivity contribution in [3.8, 4) is 11.5 Å². The van der Waals surface area contributed by atoms with Crippen molar-refractivity contribution >= 4 is 23.3 Å². The van der Waals surface area contributed by atoms with Gasteiger partial charge in [-0.3, -0.25) is 25.7 Å². The molecule has 0 saturated heterocycles. The van der Waals surface area contributed by atoms with Gasteiger partial charge in [-0.15, -0.1) is 0 Å². The van der Waals surface area contributed by atoms with Crippen molar-refractivity contribution in [3.63, 3.8) is 0 Å². The van der Waals surface area contributed by atoms with E-state index >= 15 is 0 Å². The SMILES string of the molecule is CCOc1cc(C=NNc2cccc([N+](=O)[O-])c2)c([N+](=O)[O-])cc1OC. The number of methoxy groups -OCH3 is 1. The van der Waals surface area contributed by atoms with Crippen LogP contribution in [0.3, 0.4) is 0 Å². The minimum Gasteiger partial charge on any atom is -0.493 e. The highest BCUT2D eigenvalue weighted by molar-refractivity contribution is 5.87. The molecular formula is C16H16N4O6. The maximum atomic E-state index is 11.3. The molecule has 26 heavy (non-hydrogen) atoms. The average molecular weight is 360 g/mol. The first-order valence-corrected chi connectivity index (χ1v) is 7.49. The van der Waals surface area contributed by atoms with E-state index in [1.807, 2.05) is 0 Å². The number of nitro benzene ring substituents is 2. The number of non-ortho nitro benzene ring substituents is 1. The van der Waals surface area contributed by atoms with Crippen molar-refractivity contribution in [3.05, 3.63) is 62.2 Å². The number of rotatable bonds is 8. The van der Waals surface area contributed by atoms with Gasteiger partial charge in [-0.25, -0.2) is 0 Å². The molecule has 1 N–H and O–H groups in total. The van der Waals surface area contributed by atoms with Crippen LogP contribution in [-0.4, -0.2) is 29.8 Å². The number of benzene rings is 2. The summed E-state index contributed by atoms with van der Waals surface area (Å²) in [6.07, 6.45) is 1.24. The molecular weight excluding hydrogens is 344 g/mol. The summed E-state index contributed by atoms with van der Waals surface area (Å²) in [6.45, 7) is 2.13. The Morgan fingerprint density at radius 1 is 1.15 bits per heavy atom. The monoisotopic (exact) mass is 360 g/mol. The van der Waals surface area contributed by atoms with E-state index in [1.165, 1.54) is 43.7 Å². The Hall–Kier alpha value is -3.69. The third kappa shape index (κ3) is 4.44. The smallest absolute Gasteiger partial charge is 0.282 e. The summed E-state index contributed by atoms with van der Waals surface area (Å²) in [7, 11) is 1.39. The number of hydrazone groups is 1. The van der Waals surface area contributed by atoms with Crippen LogP contribution in [0.25, 0.3) is 0 Å². The molecule has 10 heteroatoms. The van der Waals surface area contributed by atoms with Crippen molar-refractivity contribution in [2.24, 2.45) is 5.10 Å². The summed E-state index contributed by atoms with van der Waals surface area (Å²) in [5, 5.41) is 25.9. The normalized spacial score (nSPS) is 10.5. The van der Waals surface area contributed by atoms with Gasteiger partial charge in [-0.1, -0.05) is 6.07 Å². The second kappa shape index (κ2) is 8.42. The lowest BCUT2D eigenvalue weighted by Crippen LogP contribution is -2.01. The molecule has 2 aromatic rings. The van der Waals surface area contributed by atoms with E-state index in [0.717, 1.165) is 0 Å². The Labute approximate surface area is 148 Å². The van der Waals surface area contributed by atoms with Crippen molar-refractivity contribution in [2.75, 3.05) is 19.1 Å². The molecule has 136 valence electrons. The number of nitrogens with zero attached hydrogens (tertiary/aromatic N) is 3. The van der Waals surface area contributed by atoms with E-state index in [-0.39, 0.29) is 22.7 Å². The Morgan fingerprint density at radius 3 is 2.54 bits per heavy atom. The number of hydrogen-bond acceptors (Lipinski definition) is 8. The van der Waals surface area contributed by atoms with Gasteiger partial charge in [-0.05, 0) is 19.1 Å². The van der Waals surface area contributed by atoms with E-state index in [0.29, 0.717) is 18.0 Å². The first-order valence-electron chi connectivity index (χ1n) is 7.49. The molecule has 0 radical (unpaired) electrons. The summed E-state index contributed by atoms with van der Waals surface area (Å²) in [5.41, 5.74) is 2.86. The predicted molar refractivity (Wildman–Crippen MR) is 95.1 cm³/mol. The molecule has 2 rings (SSSR count). The fraction of sp³-hybridized carbons (Fsp3) is 0.188. The summed E-state index contributed by atoms with van der Waals surface area (Å²) in [5.74, 6) is 0.583. The fourth-order valence-electron chi connectivity index (χ4n) is 2.12. The highest BCUT2D eigenvalue weighted by atomic mass is 16.6. The van der Waals surface area contributed by atoms with Crippen LogP contribution in [0.1, 0.15) is 12.5 Å². The van der Waals surface area contributed by atoms with E-state index in [1.54, 1.807) is 13.0 Å². The number of hydrogen-bond donors (Lipinski definition) is 1. The number of ether oxygens (including phenoxy) is 2. The van der Waals surface area contributed by atoms with Gasteiger partial charge < -0.3 is 9.47 Å². The van der Waals surface area contributed by atoms with Crippen LogP contribution in [0.4, 0.5) is 17.1 Å². The molecule has 0 unspecified atom stereocenters. The van der Waals surface area contributed by atoms with Crippen molar-refractivity contribution in [2.45, 2.75) is 6.92 Å². The minimum absolute atomic E-state index is 0.0979. The van der Waals surface area contributed by atoms with Crippen LogP contribution in [0.5, 0.6) is 11.5 Å². The molecule has 0 atom stereocenters. The topological polar surface area (TPSA) is 129 Å². The summed E-state index contributed by atoms with van der Waals surface area (Å²) in [6, 6.07) is 8.42. The van der Waals surface area contributed by atoms with Crippen LogP contribution in [-0.2, 0) is 0 Å². The molecule has 0 aromatic heterocycles.